The predicted octanol–water partition coefficient (Wildman–Crippen LogP) is 2.89. The Balaban J connectivity index is 2.51. The molecule has 0 saturated carbocycles. The number of benzene rings is 1. The second-order valence-electron chi connectivity index (χ2n) is 5.35. The van der Waals surface area contributed by atoms with E-state index in [-0.39, 0.29) is 5.91 Å². The van der Waals surface area contributed by atoms with Gasteiger partial charge in [0.05, 0.1) is 5.60 Å². The summed E-state index contributed by atoms with van der Waals surface area (Å²) in [7, 11) is 0. The molecule has 4 heteroatoms. The first kappa shape index (κ1) is 16.0. The zero-order chi connectivity index (χ0) is 14.5. The smallest absolute Gasteiger partial charge is 0.222 e. The van der Waals surface area contributed by atoms with E-state index in [1.165, 1.54) is 0 Å². The van der Waals surface area contributed by atoms with Gasteiger partial charge in [-0.2, -0.15) is 0 Å². The number of halogens is 1. The topological polar surface area (TPSA) is 40.5 Å². The van der Waals surface area contributed by atoms with E-state index in [2.05, 4.69) is 0 Å². The minimum atomic E-state index is -0.855. The molecule has 0 aliphatic carbocycles. The minimum Gasteiger partial charge on any atom is -0.389 e. The normalized spacial score (nSPS) is 11.4. The molecule has 0 saturated heterocycles. The zero-order valence-corrected chi connectivity index (χ0v) is 12.6. The quantitative estimate of drug-likeness (QED) is 0.872. The van der Waals surface area contributed by atoms with Gasteiger partial charge in [0.25, 0.3) is 0 Å². The molecule has 1 N–H and O–H groups in total. The van der Waals surface area contributed by atoms with Crippen LogP contribution in [-0.4, -0.2) is 34.6 Å². The first-order valence-corrected chi connectivity index (χ1v) is 6.94. The number of rotatable bonds is 6. The molecule has 0 fully saturated rings. The molecule has 0 heterocycles. The number of likely N-dealkylation sites (N-methyl/N-ethyl adjacent to an activating group) is 1. The molecular formula is C15H22ClNO2. The van der Waals surface area contributed by atoms with Gasteiger partial charge in [-0.15, -0.1) is 0 Å². The first-order chi connectivity index (χ1) is 8.81. The van der Waals surface area contributed by atoms with Gasteiger partial charge >= 0.3 is 0 Å². The summed E-state index contributed by atoms with van der Waals surface area (Å²) < 4.78 is 0. The molecule has 0 aliphatic heterocycles. The molecule has 3 nitrogen and oxygen atoms in total. The number of nitrogens with zero attached hydrogens (tertiary/aromatic N) is 1. The van der Waals surface area contributed by atoms with E-state index in [1.54, 1.807) is 18.7 Å². The summed E-state index contributed by atoms with van der Waals surface area (Å²) in [6.07, 6.45) is 1.14. The van der Waals surface area contributed by atoms with Gasteiger partial charge in [-0.05, 0) is 44.9 Å². The van der Waals surface area contributed by atoms with E-state index in [1.807, 2.05) is 31.2 Å². The molecule has 19 heavy (non-hydrogen) atoms. The van der Waals surface area contributed by atoms with Gasteiger partial charge in [0.15, 0.2) is 0 Å². The molecule has 0 spiro atoms. The Morgan fingerprint density at radius 1 is 1.32 bits per heavy atom. The summed E-state index contributed by atoms with van der Waals surface area (Å²) in [5, 5.41) is 10.5. The summed E-state index contributed by atoms with van der Waals surface area (Å²) >= 11 is 5.82. The second-order valence-corrected chi connectivity index (χ2v) is 5.78. The highest BCUT2D eigenvalue weighted by Gasteiger charge is 2.20. The fraction of sp³-hybridized carbons (Fsp3) is 0.533. The van der Waals surface area contributed by atoms with Crippen molar-refractivity contribution in [2.24, 2.45) is 0 Å². The lowest BCUT2D eigenvalue weighted by atomic mass is 10.1. The van der Waals surface area contributed by atoms with Crippen molar-refractivity contribution in [3.63, 3.8) is 0 Å². The third-order valence-corrected chi connectivity index (χ3v) is 3.10. The summed E-state index contributed by atoms with van der Waals surface area (Å²) in [6, 6.07) is 7.52. The fourth-order valence-corrected chi connectivity index (χ4v) is 2.03. The van der Waals surface area contributed by atoms with Gasteiger partial charge in [0.2, 0.25) is 5.91 Å². The van der Waals surface area contributed by atoms with Gasteiger partial charge in [0.1, 0.15) is 0 Å². The molecule has 0 bridgehead atoms. The molecule has 106 valence electrons. The molecule has 0 unspecified atom stereocenters. The standard InChI is InChI=1S/C15H22ClNO2/c1-4-17(11-15(2,3)19)14(18)10-7-12-5-8-13(16)9-6-12/h5-6,8-9,19H,4,7,10-11H2,1-3H3. The maximum absolute atomic E-state index is 12.1. The van der Waals surface area contributed by atoms with E-state index >= 15 is 0 Å². The number of amides is 1. The van der Waals surface area contributed by atoms with Crippen LogP contribution in [0.5, 0.6) is 0 Å². The second kappa shape index (κ2) is 6.92. The van der Waals surface area contributed by atoms with Crippen molar-refractivity contribution < 1.29 is 9.90 Å². The van der Waals surface area contributed by atoms with Crippen LogP contribution in [0, 0.1) is 0 Å². The summed E-state index contributed by atoms with van der Waals surface area (Å²) in [5.41, 5.74) is 0.239. The zero-order valence-electron chi connectivity index (χ0n) is 11.8. The lowest BCUT2D eigenvalue weighted by molar-refractivity contribution is -0.133. The lowest BCUT2D eigenvalue weighted by Gasteiger charge is -2.28. The van der Waals surface area contributed by atoms with Crippen LogP contribution in [-0.2, 0) is 11.2 Å². The molecule has 1 amide bonds. The van der Waals surface area contributed by atoms with Crippen molar-refractivity contribution in [2.75, 3.05) is 13.1 Å². The highest BCUT2D eigenvalue weighted by atomic mass is 35.5. The van der Waals surface area contributed by atoms with Crippen LogP contribution in [0.15, 0.2) is 24.3 Å². The Bertz CT molecular complexity index is 409. The van der Waals surface area contributed by atoms with Crippen molar-refractivity contribution in [3.05, 3.63) is 34.9 Å². The molecule has 1 aromatic rings. The van der Waals surface area contributed by atoms with E-state index in [9.17, 15) is 9.90 Å². The van der Waals surface area contributed by atoms with Crippen LogP contribution >= 0.6 is 11.6 Å². The Morgan fingerprint density at radius 2 is 1.89 bits per heavy atom. The van der Waals surface area contributed by atoms with Gasteiger partial charge < -0.3 is 10.0 Å². The minimum absolute atomic E-state index is 0.0691. The average Bonchev–Trinajstić information content (AvgIpc) is 2.34. The van der Waals surface area contributed by atoms with E-state index in [4.69, 9.17) is 11.6 Å². The van der Waals surface area contributed by atoms with Gasteiger partial charge in [-0.1, -0.05) is 23.7 Å². The molecule has 0 aliphatic rings. The Morgan fingerprint density at radius 3 is 2.37 bits per heavy atom. The number of hydrogen-bond donors (Lipinski definition) is 1. The van der Waals surface area contributed by atoms with Crippen LogP contribution in [0.25, 0.3) is 0 Å². The molecule has 0 atom stereocenters. The lowest BCUT2D eigenvalue weighted by Crippen LogP contribution is -2.42. The molecular weight excluding hydrogens is 262 g/mol. The Kier molecular flexibility index (Phi) is 5.83. The van der Waals surface area contributed by atoms with Crippen LogP contribution in [0.1, 0.15) is 32.8 Å². The number of carbonyl (C=O) groups excluding carboxylic acids is 1. The Hall–Kier alpha value is -1.06. The summed E-state index contributed by atoms with van der Waals surface area (Å²) in [5.74, 6) is 0.0691. The molecule has 0 radical (unpaired) electrons. The van der Waals surface area contributed by atoms with E-state index < -0.39 is 5.60 Å². The largest absolute Gasteiger partial charge is 0.389 e. The van der Waals surface area contributed by atoms with Crippen LogP contribution in [0.2, 0.25) is 5.02 Å². The predicted molar refractivity (Wildman–Crippen MR) is 78.3 cm³/mol. The van der Waals surface area contributed by atoms with Crippen molar-refractivity contribution in [1.82, 2.24) is 4.90 Å². The number of carbonyl (C=O) groups is 1. The number of aliphatic hydroxyl groups is 1. The van der Waals surface area contributed by atoms with Gasteiger partial charge in [-0.25, -0.2) is 0 Å². The first-order valence-electron chi connectivity index (χ1n) is 6.56. The highest BCUT2D eigenvalue weighted by Crippen LogP contribution is 2.12. The molecule has 0 aromatic heterocycles. The summed E-state index contributed by atoms with van der Waals surface area (Å²) in [6.45, 7) is 6.32. The molecule has 1 rings (SSSR count). The van der Waals surface area contributed by atoms with E-state index in [0.717, 1.165) is 5.56 Å². The number of aryl methyl sites for hydroxylation is 1. The van der Waals surface area contributed by atoms with Gasteiger partial charge in [0, 0.05) is 24.5 Å². The SMILES string of the molecule is CCN(CC(C)(C)O)C(=O)CCc1ccc(Cl)cc1. The van der Waals surface area contributed by atoms with Crippen LogP contribution < -0.4 is 0 Å². The maximum Gasteiger partial charge on any atom is 0.222 e. The average molecular weight is 284 g/mol. The van der Waals surface area contributed by atoms with Crippen molar-refractivity contribution in [2.45, 2.75) is 39.2 Å². The van der Waals surface area contributed by atoms with Crippen molar-refractivity contribution in [1.29, 1.82) is 0 Å². The van der Waals surface area contributed by atoms with Crippen LogP contribution in [0.4, 0.5) is 0 Å². The van der Waals surface area contributed by atoms with Gasteiger partial charge in [-0.3, -0.25) is 4.79 Å². The third-order valence-electron chi connectivity index (χ3n) is 2.85. The van der Waals surface area contributed by atoms with Crippen LogP contribution in [0.3, 0.4) is 0 Å². The third kappa shape index (κ3) is 6.08. The number of hydrogen-bond acceptors (Lipinski definition) is 2. The maximum atomic E-state index is 12.1. The monoisotopic (exact) mass is 283 g/mol. The van der Waals surface area contributed by atoms with Crippen molar-refractivity contribution >= 4 is 17.5 Å². The Labute approximate surface area is 120 Å². The highest BCUT2D eigenvalue weighted by molar-refractivity contribution is 6.30. The van der Waals surface area contributed by atoms with Crippen molar-refractivity contribution in [3.8, 4) is 0 Å². The molecule has 1 aromatic carbocycles. The summed E-state index contributed by atoms with van der Waals surface area (Å²) in [4.78, 5) is 13.8. The van der Waals surface area contributed by atoms with E-state index in [0.29, 0.717) is 31.0 Å². The fourth-order valence-electron chi connectivity index (χ4n) is 1.90.